The molecule has 0 nitrogen and oxygen atoms in total. The van der Waals surface area contributed by atoms with E-state index in [-0.39, 0.29) is 0 Å². The van der Waals surface area contributed by atoms with E-state index in [4.69, 9.17) is 0 Å². The minimum absolute atomic E-state index is 0.445. The fraction of sp³-hybridized carbons (Fsp3) is 0.200. The first-order valence-corrected chi connectivity index (χ1v) is 29.2. The van der Waals surface area contributed by atoms with Crippen LogP contribution in [0.15, 0.2) is 117 Å². The molecule has 0 bridgehead atoms. The molecule has 424 valence electrons. The molecular weight excluding hydrogens is 1160 g/mol. The second-order valence-electron chi connectivity index (χ2n) is 18.5. The molecule has 0 aliphatic carbocycles. The summed E-state index contributed by atoms with van der Waals surface area (Å²) in [5, 5.41) is 0. The molecule has 0 aromatic heterocycles. The van der Waals surface area contributed by atoms with E-state index in [0.29, 0.717) is 68.3 Å². The van der Waals surface area contributed by atoms with Crippen molar-refractivity contribution < 1.29 is 70.2 Å². The second-order valence-corrected chi connectivity index (χ2v) is 23.2. The van der Waals surface area contributed by atoms with E-state index in [9.17, 15) is 0 Å². The van der Waals surface area contributed by atoms with Crippen LogP contribution < -0.4 is 21.9 Å². The monoisotopic (exact) mass is 1210 g/mol. The van der Waals surface area contributed by atoms with Crippen molar-refractivity contribution in [3.63, 3.8) is 0 Å². The zero-order chi connectivity index (χ0) is 58.8. The number of halogens is 16. The summed E-state index contributed by atoms with van der Waals surface area (Å²) in [5.41, 5.74) is -21.9. The van der Waals surface area contributed by atoms with Crippen LogP contribution in [0.1, 0.15) is 53.4 Å². The Hall–Kier alpha value is -5.90. The third-order valence-corrected chi connectivity index (χ3v) is 18.3. The second kappa shape index (κ2) is 25.7. The van der Waals surface area contributed by atoms with Crippen LogP contribution in [0.2, 0.25) is 0 Å². The van der Waals surface area contributed by atoms with Crippen molar-refractivity contribution in [2.75, 3.05) is 23.0 Å². The van der Waals surface area contributed by atoms with Gasteiger partial charge in [0.25, 0.3) is 0 Å². The van der Waals surface area contributed by atoms with Crippen molar-refractivity contribution in [3.05, 3.63) is 190 Å². The smallest absolute Gasteiger partial charge is 0.166 e. The van der Waals surface area contributed by atoms with E-state index in [1.165, 1.54) is 95.6 Å². The van der Waals surface area contributed by atoms with Crippen LogP contribution in [0.4, 0.5) is 70.2 Å². The van der Waals surface area contributed by atoms with E-state index in [1.54, 1.807) is 0 Å². The molecule has 0 fully saturated rings. The lowest BCUT2D eigenvalue weighted by Crippen LogP contribution is -2.81. The van der Waals surface area contributed by atoms with Crippen LogP contribution in [0.3, 0.4) is 0 Å². The molecule has 0 unspecified atom stereocenters. The van der Waals surface area contributed by atoms with Crippen LogP contribution in [-0.2, 0) is 0 Å². The minimum atomic E-state index is -6.92. The lowest BCUT2D eigenvalue weighted by atomic mass is 9.12. The summed E-state index contributed by atoms with van der Waals surface area (Å²) >= 11 is 4.91. The first kappa shape index (κ1) is 61.2. The quantitative estimate of drug-likeness (QED) is 0.0323. The molecule has 8 aromatic rings. The van der Waals surface area contributed by atoms with E-state index < -0.39 is 166 Å². The largest absolute Gasteiger partial charge is 0.207 e. The molecule has 0 heterocycles. The van der Waals surface area contributed by atoms with Gasteiger partial charge < -0.3 is 0 Å². The molecule has 8 aromatic carbocycles. The van der Waals surface area contributed by atoms with Gasteiger partial charge in [0, 0.05) is 19.6 Å². The molecule has 0 aliphatic heterocycles. The zero-order valence-corrected chi connectivity index (χ0v) is 46.4. The zero-order valence-electron chi connectivity index (χ0n) is 43.2. The number of benzene rings is 8. The van der Waals surface area contributed by atoms with Crippen LogP contribution in [0.5, 0.6) is 0 Å². The fourth-order valence-corrected chi connectivity index (χ4v) is 12.8. The summed E-state index contributed by atoms with van der Waals surface area (Å²) in [4.78, 5) is 1.78. The molecule has 0 N–H and O–H groups in total. The third-order valence-electron chi connectivity index (χ3n) is 13.4. The van der Waals surface area contributed by atoms with Crippen molar-refractivity contribution >= 4 is 75.0 Å². The molecule has 0 aliphatic rings. The van der Waals surface area contributed by atoms with E-state index in [2.05, 4.69) is 0 Å². The normalized spacial score (nSPS) is 11.8. The van der Waals surface area contributed by atoms with Gasteiger partial charge in [-0.2, -0.15) is 0 Å². The SMILES string of the molecule is CCCSc1ccc(-c2c(F)c(F)c([B-](c3c(F)c(F)c(-c4ccc(SCCC)cc4)c(F)c3F)(c3c(F)c(F)c(-c4ccc(SCCC)cc4)c(F)c3F)c3c(F)c(F)c(-c4ccc(SCCC)cc4)c(F)c3F)c(F)c2F)cc1. The molecular formula is C60H44BF16S4-. The average Bonchev–Trinajstić information content (AvgIpc) is 3.46. The highest BCUT2D eigenvalue weighted by Gasteiger charge is 2.52. The van der Waals surface area contributed by atoms with Gasteiger partial charge in [0.1, 0.15) is 52.7 Å². The Labute approximate surface area is 473 Å². The Bertz CT molecular complexity index is 3060. The molecule has 0 saturated heterocycles. The van der Waals surface area contributed by atoms with Gasteiger partial charge >= 0.3 is 0 Å². The van der Waals surface area contributed by atoms with Gasteiger partial charge in [-0.05, 0) is 119 Å². The summed E-state index contributed by atoms with van der Waals surface area (Å²) in [7, 11) is 0. The van der Waals surface area contributed by atoms with Gasteiger partial charge in [-0.15, -0.1) is 68.9 Å². The number of hydrogen-bond acceptors (Lipinski definition) is 4. The maximum Gasteiger partial charge on any atom is 0.166 e. The molecule has 0 spiro atoms. The summed E-state index contributed by atoms with van der Waals surface area (Å²) in [6.45, 7) is 7.29. The number of hydrogen-bond donors (Lipinski definition) is 0. The van der Waals surface area contributed by atoms with Gasteiger partial charge in [-0.1, -0.05) is 76.2 Å². The highest BCUT2D eigenvalue weighted by molar-refractivity contribution is 8.00. The summed E-state index contributed by atoms with van der Waals surface area (Å²) in [6.07, 6.45) is -4.34. The standard InChI is InChI=1S/C60H44BF16S4/c1-5-25-78-33-17-9-29(10-18-33)37-45(62)53(70)41(54(71)46(37)63)61(42-55(72)47(64)38(48(65)56(42)73)30-11-19-34(20-12-30)79-26-6-2,43-57(74)49(66)39(50(67)58(43)75)31-13-21-35(22-14-31)80-27-7-3)44-59(76)51(68)40(52(69)60(44)77)32-15-23-36(24-16-32)81-28-8-4/h9-24H,5-8,25-28H2,1-4H3/q-1. The van der Waals surface area contributed by atoms with Crippen molar-refractivity contribution in [2.45, 2.75) is 73.0 Å². The van der Waals surface area contributed by atoms with Crippen molar-refractivity contribution in [3.8, 4) is 44.5 Å². The fourth-order valence-electron chi connectivity index (χ4n) is 9.75. The van der Waals surface area contributed by atoms with Crippen molar-refractivity contribution in [1.29, 1.82) is 0 Å². The van der Waals surface area contributed by atoms with Gasteiger partial charge in [0.15, 0.2) is 46.5 Å². The predicted molar refractivity (Wildman–Crippen MR) is 295 cm³/mol. The predicted octanol–water partition coefficient (Wildman–Crippen LogP) is 18.0. The van der Waals surface area contributed by atoms with Crippen molar-refractivity contribution in [1.82, 2.24) is 0 Å². The first-order valence-electron chi connectivity index (χ1n) is 25.3. The first-order chi connectivity index (χ1) is 38.7. The maximum absolute atomic E-state index is 17.9. The van der Waals surface area contributed by atoms with Gasteiger partial charge in [-0.3, -0.25) is 0 Å². The van der Waals surface area contributed by atoms with Crippen LogP contribution >= 0.6 is 47.0 Å². The summed E-state index contributed by atoms with van der Waals surface area (Å²) in [6, 6.07) is 17.2. The molecule has 8 rings (SSSR count). The van der Waals surface area contributed by atoms with Crippen molar-refractivity contribution in [2.24, 2.45) is 0 Å². The molecule has 0 amide bonds. The van der Waals surface area contributed by atoms with Crippen LogP contribution in [0, 0.1) is 93.1 Å². The number of thioether (sulfide) groups is 4. The molecule has 81 heavy (non-hydrogen) atoms. The Balaban J connectivity index is 1.60. The molecule has 0 radical (unpaired) electrons. The minimum Gasteiger partial charge on any atom is -0.207 e. The highest BCUT2D eigenvalue weighted by atomic mass is 32.2. The van der Waals surface area contributed by atoms with Gasteiger partial charge in [-0.25, -0.2) is 70.2 Å². The average molecular weight is 1210 g/mol. The molecule has 0 saturated carbocycles. The Kier molecular flexibility index (Phi) is 19.4. The van der Waals surface area contributed by atoms with E-state index >= 15 is 70.2 Å². The van der Waals surface area contributed by atoms with Crippen LogP contribution in [0.25, 0.3) is 44.5 Å². The molecule has 0 atom stereocenters. The Morgan fingerprint density at radius 2 is 0.383 bits per heavy atom. The van der Waals surface area contributed by atoms with E-state index in [1.807, 2.05) is 27.7 Å². The lowest BCUT2D eigenvalue weighted by Gasteiger charge is -2.45. The maximum atomic E-state index is 17.9. The van der Waals surface area contributed by atoms with Gasteiger partial charge in [0.2, 0.25) is 0 Å². The van der Waals surface area contributed by atoms with Crippen LogP contribution in [-0.4, -0.2) is 29.2 Å². The number of rotatable bonds is 20. The Morgan fingerprint density at radius 1 is 0.235 bits per heavy atom. The molecule has 21 heteroatoms. The third kappa shape index (κ3) is 11.1. The topological polar surface area (TPSA) is 0 Å². The Morgan fingerprint density at radius 3 is 0.519 bits per heavy atom. The highest BCUT2D eigenvalue weighted by Crippen LogP contribution is 2.40. The van der Waals surface area contributed by atoms with E-state index in [0.717, 1.165) is 48.5 Å². The summed E-state index contributed by atoms with van der Waals surface area (Å²) in [5.74, 6) is -44.5. The lowest BCUT2D eigenvalue weighted by molar-refractivity contribution is 0.457. The summed E-state index contributed by atoms with van der Waals surface area (Å²) < 4.78 is 281. The van der Waals surface area contributed by atoms with Gasteiger partial charge in [0.05, 0.1) is 22.3 Å².